The van der Waals surface area contributed by atoms with E-state index in [2.05, 4.69) is 80.7 Å². The molecule has 4 nitrogen and oxygen atoms in total. The normalized spacial score (nSPS) is 10.5. The van der Waals surface area contributed by atoms with Crippen molar-refractivity contribution in [2.24, 2.45) is 0 Å². The first-order chi connectivity index (χ1) is 11.6. The molecule has 0 radical (unpaired) electrons. The summed E-state index contributed by atoms with van der Waals surface area (Å²) in [6.07, 6.45) is 1.75. The maximum atomic E-state index is 4.51. The van der Waals surface area contributed by atoms with Crippen molar-refractivity contribution in [3.8, 4) is 0 Å². The van der Waals surface area contributed by atoms with Gasteiger partial charge in [-0.1, -0.05) is 45.8 Å². The minimum Gasteiger partial charge on any atom is -0.350 e. The summed E-state index contributed by atoms with van der Waals surface area (Å²) >= 11 is 3.51. The second-order valence-corrected chi connectivity index (χ2v) is 6.55. The molecule has 0 spiro atoms. The van der Waals surface area contributed by atoms with E-state index in [0.717, 1.165) is 16.0 Å². The molecule has 0 saturated heterocycles. The molecule has 0 saturated carbocycles. The average Bonchev–Trinajstić information content (AvgIpc) is 2.58. The Morgan fingerprint density at radius 2 is 1.79 bits per heavy atom. The molecule has 2 N–H and O–H groups in total. The summed E-state index contributed by atoms with van der Waals surface area (Å²) in [7, 11) is 0. The van der Waals surface area contributed by atoms with Crippen molar-refractivity contribution in [3.05, 3.63) is 75.9 Å². The summed E-state index contributed by atoms with van der Waals surface area (Å²) in [5.74, 6) is 1.37. The Labute approximate surface area is 150 Å². The van der Waals surface area contributed by atoms with E-state index in [0.29, 0.717) is 12.5 Å². The second-order valence-electron chi connectivity index (χ2n) is 5.69. The van der Waals surface area contributed by atoms with Crippen LogP contribution in [-0.2, 0) is 6.54 Å². The Bertz CT molecular complexity index is 831. The number of hydrogen-bond acceptors (Lipinski definition) is 4. The molecule has 5 heteroatoms. The highest BCUT2D eigenvalue weighted by Crippen LogP contribution is 2.22. The molecule has 3 rings (SSSR count). The van der Waals surface area contributed by atoms with Crippen LogP contribution in [0.5, 0.6) is 0 Å². The highest BCUT2D eigenvalue weighted by Gasteiger charge is 2.02. The van der Waals surface area contributed by atoms with Crippen molar-refractivity contribution < 1.29 is 0 Å². The number of nitrogens with zero attached hydrogens (tertiary/aromatic N) is 2. The summed E-state index contributed by atoms with van der Waals surface area (Å²) in [5, 5.41) is 6.56. The van der Waals surface area contributed by atoms with Gasteiger partial charge in [-0.25, -0.2) is 4.98 Å². The summed E-state index contributed by atoms with van der Waals surface area (Å²) in [6.45, 7) is 4.84. The number of nitrogens with one attached hydrogen (secondary N) is 2. The highest BCUT2D eigenvalue weighted by molar-refractivity contribution is 9.10. The molecule has 0 amide bonds. The second kappa shape index (κ2) is 7.45. The van der Waals surface area contributed by atoms with E-state index >= 15 is 0 Å². The zero-order valence-electron chi connectivity index (χ0n) is 13.7. The summed E-state index contributed by atoms with van der Waals surface area (Å²) in [6, 6.07) is 16.4. The van der Waals surface area contributed by atoms with Gasteiger partial charge in [-0.2, -0.15) is 4.98 Å². The maximum Gasteiger partial charge on any atom is 0.224 e. The fourth-order valence-electron chi connectivity index (χ4n) is 2.27. The van der Waals surface area contributed by atoms with Crippen molar-refractivity contribution in [2.75, 3.05) is 10.6 Å². The fraction of sp³-hybridized carbons (Fsp3) is 0.158. The Balaban J connectivity index is 1.67. The molecular formula is C19H19BrN4. The topological polar surface area (TPSA) is 49.8 Å². The molecule has 0 aliphatic rings. The predicted molar refractivity (Wildman–Crippen MR) is 103 cm³/mol. The Kier molecular flexibility index (Phi) is 5.11. The first-order valence-electron chi connectivity index (χ1n) is 7.76. The monoisotopic (exact) mass is 382 g/mol. The number of aromatic nitrogens is 2. The third kappa shape index (κ3) is 4.32. The van der Waals surface area contributed by atoms with E-state index < -0.39 is 0 Å². The van der Waals surface area contributed by atoms with Crippen molar-refractivity contribution in [1.82, 2.24) is 9.97 Å². The van der Waals surface area contributed by atoms with Gasteiger partial charge in [-0.15, -0.1) is 0 Å². The summed E-state index contributed by atoms with van der Waals surface area (Å²) in [4.78, 5) is 8.78. The lowest BCUT2D eigenvalue weighted by molar-refractivity contribution is 1.05. The summed E-state index contributed by atoms with van der Waals surface area (Å²) < 4.78 is 1.09. The van der Waals surface area contributed by atoms with Crippen LogP contribution in [0.1, 0.15) is 16.7 Å². The van der Waals surface area contributed by atoms with E-state index in [9.17, 15) is 0 Å². The molecule has 1 aromatic heterocycles. The SMILES string of the molecule is Cc1ccc(CNc2nccc(Nc3ccc(Br)c(C)c3)n2)cc1. The van der Waals surface area contributed by atoms with Gasteiger partial charge in [0.25, 0.3) is 0 Å². The van der Waals surface area contributed by atoms with Gasteiger partial charge < -0.3 is 10.6 Å². The third-order valence-electron chi connectivity index (χ3n) is 3.66. The molecule has 0 aliphatic carbocycles. The number of aryl methyl sites for hydroxylation is 2. The van der Waals surface area contributed by atoms with Gasteiger partial charge in [0.2, 0.25) is 5.95 Å². The van der Waals surface area contributed by atoms with Gasteiger partial charge in [0, 0.05) is 22.9 Å². The standard InChI is InChI=1S/C19H19BrN4/c1-13-3-5-15(6-4-13)12-22-19-21-10-9-18(24-19)23-16-7-8-17(20)14(2)11-16/h3-11H,12H2,1-2H3,(H2,21,22,23,24). The van der Waals surface area contributed by atoms with Crippen molar-refractivity contribution in [1.29, 1.82) is 0 Å². The molecule has 0 unspecified atom stereocenters. The molecule has 0 bridgehead atoms. The van der Waals surface area contributed by atoms with Gasteiger partial charge in [0.15, 0.2) is 0 Å². The molecule has 3 aromatic rings. The van der Waals surface area contributed by atoms with Crippen molar-refractivity contribution in [2.45, 2.75) is 20.4 Å². The van der Waals surface area contributed by atoms with Crippen LogP contribution in [0.15, 0.2) is 59.2 Å². The van der Waals surface area contributed by atoms with Crippen molar-refractivity contribution >= 4 is 33.4 Å². The van der Waals surface area contributed by atoms with E-state index in [1.54, 1.807) is 6.20 Å². The van der Waals surface area contributed by atoms with Gasteiger partial charge in [0.05, 0.1) is 0 Å². The van der Waals surface area contributed by atoms with E-state index in [-0.39, 0.29) is 0 Å². The maximum absolute atomic E-state index is 4.51. The van der Waals surface area contributed by atoms with Crippen LogP contribution in [-0.4, -0.2) is 9.97 Å². The average molecular weight is 383 g/mol. The van der Waals surface area contributed by atoms with Crippen LogP contribution in [0.4, 0.5) is 17.5 Å². The van der Waals surface area contributed by atoms with Gasteiger partial charge in [0.1, 0.15) is 5.82 Å². The number of rotatable bonds is 5. The third-order valence-corrected chi connectivity index (χ3v) is 4.55. The lowest BCUT2D eigenvalue weighted by atomic mass is 10.1. The Hall–Kier alpha value is -2.40. The number of anilines is 3. The molecule has 24 heavy (non-hydrogen) atoms. The van der Waals surface area contributed by atoms with E-state index in [1.165, 1.54) is 16.7 Å². The van der Waals surface area contributed by atoms with Gasteiger partial charge in [-0.05, 0) is 49.2 Å². The van der Waals surface area contributed by atoms with Crippen LogP contribution in [0.3, 0.4) is 0 Å². The largest absolute Gasteiger partial charge is 0.350 e. The Morgan fingerprint density at radius 3 is 2.54 bits per heavy atom. The van der Waals surface area contributed by atoms with E-state index in [4.69, 9.17) is 0 Å². The van der Waals surface area contributed by atoms with Gasteiger partial charge in [-0.3, -0.25) is 0 Å². The molecule has 2 aromatic carbocycles. The number of halogens is 1. The molecule has 0 fully saturated rings. The predicted octanol–water partition coefficient (Wildman–Crippen LogP) is 5.21. The molecular weight excluding hydrogens is 364 g/mol. The molecule has 1 heterocycles. The highest BCUT2D eigenvalue weighted by atomic mass is 79.9. The molecule has 0 atom stereocenters. The summed E-state index contributed by atoms with van der Waals surface area (Å²) in [5.41, 5.74) is 4.63. The smallest absolute Gasteiger partial charge is 0.224 e. The van der Waals surface area contributed by atoms with Crippen LogP contribution in [0.2, 0.25) is 0 Å². The zero-order chi connectivity index (χ0) is 16.9. The van der Waals surface area contributed by atoms with Crippen LogP contribution in [0, 0.1) is 13.8 Å². The number of hydrogen-bond donors (Lipinski definition) is 2. The van der Waals surface area contributed by atoms with Crippen LogP contribution >= 0.6 is 15.9 Å². The van der Waals surface area contributed by atoms with Crippen LogP contribution in [0.25, 0.3) is 0 Å². The Morgan fingerprint density at radius 1 is 1.00 bits per heavy atom. The first kappa shape index (κ1) is 16.5. The van der Waals surface area contributed by atoms with E-state index in [1.807, 2.05) is 18.2 Å². The fourth-order valence-corrected chi connectivity index (χ4v) is 2.52. The zero-order valence-corrected chi connectivity index (χ0v) is 15.3. The molecule has 122 valence electrons. The minimum atomic E-state index is 0.606. The van der Waals surface area contributed by atoms with Crippen molar-refractivity contribution in [3.63, 3.8) is 0 Å². The molecule has 0 aliphatic heterocycles. The van der Waals surface area contributed by atoms with Gasteiger partial charge >= 0.3 is 0 Å². The lowest BCUT2D eigenvalue weighted by Gasteiger charge is -2.09. The lowest BCUT2D eigenvalue weighted by Crippen LogP contribution is -2.05. The number of benzene rings is 2. The van der Waals surface area contributed by atoms with Crippen LogP contribution < -0.4 is 10.6 Å². The first-order valence-corrected chi connectivity index (χ1v) is 8.55. The minimum absolute atomic E-state index is 0.606. The quantitative estimate of drug-likeness (QED) is 0.635.